The second-order valence-corrected chi connectivity index (χ2v) is 12.0. The number of hydrogen-bond acceptors (Lipinski definition) is 4. The summed E-state index contributed by atoms with van der Waals surface area (Å²) in [6, 6.07) is 11.6. The first kappa shape index (κ1) is 30.9. The zero-order chi connectivity index (χ0) is 27.8. The van der Waals surface area contributed by atoms with Crippen molar-refractivity contribution in [1.82, 2.24) is 10.2 Å². The van der Waals surface area contributed by atoms with E-state index in [1.807, 2.05) is 32.9 Å². The van der Waals surface area contributed by atoms with Crippen molar-refractivity contribution in [2.24, 2.45) is 0 Å². The van der Waals surface area contributed by atoms with E-state index in [1.165, 1.54) is 4.31 Å². The molecule has 2 aromatic rings. The van der Waals surface area contributed by atoms with Gasteiger partial charge in [-0.1, -0.05) is 55.2 Å². The minimum atomic E-state index is -3.61. The van der Waals surface area contributed by atoms with Crippen molar-refractivity contribution in [2.45, 2.75) is 72.0 Å². The van der Waals surface area contributed by atoms with Gasteiger partial charge in [-0.2, -0.15) is 0 Å². The molecule has 0 saturated carbocycles. The molecule has 0 aromatic heterocycles. The standard InChI is InChI=1S/C27H37Cl2N3O4S/c1-6-19(3)30-27(34)24(7-2)31(18-21-13-15-22(28)16-14-21)26(33)12-9-17-32(37(5,35)36)25-11-8-10-23(29)20(25)4/h8,10-11,13-16,19,24H,6-7,9,12,17-18H2,1-5H3,(H,30,34)/t19-,24-/m1/s1. The average Bonchev–Trinajstić information content (AvgIpc) is 2.84. The van der Waals surface area contributed by atoms with Gasteiger partial charge in [0.25, 0.3) is 0 Å². The summed E-state index contributed by atoms with van der Waals surface area (Å²) >= 11 is 12.2. The molecule has 37 heavy (non-hydrogen) atoms. The molecule has 0 unspecified atom stereocenters. The number of sulfonamides is 1. The number of halogens is 2. The van der Waals surface area contributed by atoms with E-state index in [1.54, 1.807) is 42.2 Å². The monoisotopic (exact) mass is 569 g/mol. The summed E-state index contributed by atoms with van der Waals surface area (Å²) in [5.41, 5.74) is 1.98. The van der Waals surface area contributed by atoms with Crippen LogP contribution in [0.2, 0.25) is 10.0 Å². The lowest BCUT2D eigenvalue weighted by molar-refractivity contribution is -0.141. The molecule has 204 valence electrons. The van der Waals surface area contributed by atoms with Crippen LogP contribution in [0.3, 0.4) is 0 Å². The van der Waals surface area contributed by atoms with Gasteiger partial charge in [0.2, 0.25) is 21.8 Å². The van der Waals surface area contributed by atoms with Crippen LogP contribution in [0, 0.1) is 6.92 Å². The summed E-state index contributed by atoms with van der Waals surface area (Å²) in [5.74, 6) is -0.427. The van der Waals surface area contributed by atoms with E-state index in [0.717, 1.165) is 18.2 Å². The maximum absolute atomic E-state index is 13.5. The van der Waals surface area contributed by atoms with Gasteiger partial charge in [-0.25, -0.2) is 8.42 Å². The number of carbonyl (C=O) groups excluding carboxylic acids is 2. The van der Waals surface area contributed by atoms with Gasteiger partial charge in [0, 0.05) is 35.6 Å². The largest absolute Gasteiger partial charge is 0.352 e. The Labute approximate surface area is 231 Å². The molecule has 2 aromatic carbocycles. The van der Waals surface area contributed by atoms with Crippen LogP contribution in [-0.2, 0) is 26.2 Å². The molecular formula is C27H37Cl2N3O4S. The first-order valence-corrected chi connectivity index (χ1v) is 15.1. The predicted molar refractivity (Wildman–Crippen MR) is 152 cm³/mol. The van der Waals surface area contributed by atoms with E-state index in [2.05, 4.69) is 5.32 Å². The second kappa shape index (κ2) is 14.0. The zero-order valence-corrected chi connectivity index (χ0v) is 24.5. The molecule has 0 radical (unpaired) electrons. The number of carbonyl (C=O) groups is 2. The molecule has 0 aliphatic carbocycles. The molecule has 7 nitrogen and oxygen atoms in total. The van der Waals surface area contributed by atoms with Crippen LogP contribution >= 0.6 is 23.2 Å². The Morgan fingerprint density at radius 2 is 1.68 bits per heavy atom. The van der Waals surface area contributed by atoms with E-state index in [0.29, 0.717) is 27.7 Å². The van der Waals surface area contributed by atoms with Crippen molar-refractivity contribution < 1.29 is 18.0 Å². The second-order valence-electron chi connectivity index (χ2n) is 9.21. The highest BCUT2D eigenvalue weighted by Gasteiger charge is 2.29. The van der Waals surface area contributed by atoms with E-state index in [-0.39, 0.29) is 43.8 Å². The summed E-state index contributed by atoms with van der Waals surface area (Å²) in [7, 11) is -3.61. The van der Waals surface area contributed by atoms with Crippen molar-refractivity contribution in [2.75, 3.05) is 17.1 Å². The lowest BCUT2D eigenvalue weighted by Gasteiger charge is -2.32. The Morgan fingerprint density at radius 1 is 1.03 bits per heavy atom. The molecular weight excluding hydrogens is 533 g/mol. The topological polar surface area (TPSA) is 86.8 Å². The van der Waals surface area contributed by atoms with Gasteiger partial charge in [-0.3, -0.25) is 13.9 Å². The molecule has 10 heteroatoms. The van der Waals surface area contributed by atoms with Crippen LogP contribution in [0.5, 0.6) is 0 Å². The van der Waals surface area contributed by atoms with Crippen molar-refractivity contribution >= 4 is 50.7 Å². The fraction of sp³-hybridized carbons (Fsp3) is 0.481. The summed E-state index contributed by atoms with van der Waals surface area (Å²) in [5, 5.41) is 4.03. The number of amides is 2. The molecule has 0 heterocycles. The van der Waals surface area contributed by atoms with Crippen LogP contribution in [0.25, 0.3) is 0 Å². The third-order valence-corrected chi connectivity index (χ3v) is 8.15. The predicted octanol–water partition coefficient (Wildman–Crippen LogP) is 5.57. The maximum atomic E-state index is 13.5. The fourth-order valence-electron chi connectivity index (χ4n) is 4.00. The van der Waals surface area contributed by atoms with Crippen molar-refractivity contribution in [3.05, 3.63) is 63.6 Å². The smallest absolute Gasteiger partial charge is 0.243 e. The van der Waals surface area contributed by atoms with Crippen LogP contribution in [-0.4, -0.2) is 50.0 Å². The number of anilines is 1. The number of hydrogen-bond donors (Lipinski definition) is 1. The summed E-state index contributed by atoms with van der Waals surface area (Å²) < 4.78 is 26.4. The van der Waals surface area contributed by atoms with E-state index in [9.17, 15) is 18.0 Å². The average molecular weight is 571 g/mol. The highest BCUT2D eigenvalue weighted by Crippen LogP contribution is 2.28. The summed E-state index contributed by atoms with van der Waals surface area (Å²) in [6.45, 7) is 7.89. The van der Waals surface area contributed by atoms with Crippen molar-refractivity contribution in [3.63, 3.8) is 0 Å². The number of rotatable bonds is 13. The Morgan fingerprint density at radius 3 is 2.24 bits per heavy atom. The molecule has 0 fully saturated rings. The minimum absolute atomic E-state index is 0.0155. The lowest BCUT2D eigenvalue weighted by Crippen LogP contribution is -2.50. The van der Waals surface area contributed by atoms with E-state index >= 15 is 0 Å². The molecule has 0 spiro atoms. The number of nitrogens with zero attached hydrogens (tertiary/aromatic N) is 2. The maximum Gasteiger partial charge on any atom is 0.243 e. The first-order chi connectivity index (χ1) is 17.4. The highest BCUT2D eigenvalue weighted by molar-refractivity contribution is 7.92. The summed E-state index contributed by atoms with van der Waals surface area (Å²) in [4.78, 5) is 28.1. The first-order valence-electron chi connectivity index (χ1n) is 12.5. The molecule has 0 saturated heterocycles. The Kier molecular flexibility index (Phi) is 11.7. The number of benzene rings is 2. The van der Waals surface area contributed by atoms with Crippen LogP contribution in [0.15, 0.2) is 42.5 Å². The number of nitrogens with one attached hydrogen (secondary N) is 1. The Bertz CT molecular complexity index is 1170. The Hall–Kier alpha value is -2.29. The van der Waals surface area contributed by atoms with E-state index in [4.69, 9.17) is 23.2 Å². The van der Waals surface area contributed by atoms with Crippen molar-refractivity contribution in [1.29, 1.82) is 0 Å². The fourth-order valence-corrected chi connectivity index (χ4v) is 5.31. The minimum Gasteiger partial charge on any atom is -0.352 e. The zero-order valence-electron chi connectivity index (χ0n) is 22.1. The third-order valence-electron chi connectivity index (χ3n) is 6.31. The van der Waals surface area contributed by atoms with Crippen LogP contribution in [0.1, 0.15) is 57.6 Å². The molecule has 2 amide bonds. The molecule has 0 bridgehead atoms. The lowest BCUT2D eigenvalue weighted by atomic mass is 10.1. The van der Waals surface area contributed by atoms with Gasteiger partial charge in [-0.15, -0.1) is 0 Å². The molecule has 2 rings (SSSR count). The van der Waals surface area contributed by atoms with Gasteiger partial charge in [0.05, 0.1) is 11.9 Å². The van der Waals surface area contributed by atoms with Gasteiger partial charge in [0.15, 0.2) is 0 Å². The molecule has 2 atom stereocenters. The van der Waals surface area contributed by atoms with Gasteiger partial charge >= 0.3 is 0 Å². The van der Waals surface area contributed by atoms with Crippen LogP contribution < -0.4 is 9.62 Å². The molecule has 0 aliphatic rings. The van der Waals surface area contributed by atoms with E-state index < -0.39 is 16.1 Å². The van der Waals surface area contributed by atoms with Crippen molar-refractivity contribution in [3.8, 4) is 0 Å². The third kappa shape index (κ3) is 8.90. The highest BCUT2D eigenvalue weighted by atomic mass is 35.5. The molecule has 0 aliphatic heterocycles. The normalized spacial score (nSPS) is 13.1. The quantitative estimate of drug-likeness (QED) is 0.341. The summed E-state index contributed by atoms with van der Waals surface area (Å²) in [6.07, 6.45) is 2.70. The SMILES string of the molecule is CC[C@@H](C)NC(=O)[C@@H](CC)N(Cc1ccc(Cl)cc1)C(=O)CCCN(c1cccc(Cl)c1C)S(C)(=O)=O. The molecule has 1 N–H and O–H groups in total. The van der Waals surface area contributed by atoms with Gasteiger partial charge in [0.1, 0.15) is 6.04 Å². The Balaban J connectivity index is 2.25. The van der Waals surface area contributed by atoms with Gasteiger partial charge < -0.3 is 10.2 Å². The van der Waals surface area contributed by atoms with Crippen LogP contribution in [0.4, 0.5) is 5.69 Å². The van der Waals surface area contributed by atoms with Gasteiger partial charge in [-0.05, 0) is 68.5 Å².